The molecule has 0 unspecified atom stereocenters. The molecule has 38 valence electrons. The van der Waals surface area contributed by atoms with Gasteiger partial charge in [0.1, 0.15) is 0 Å². The van der Waals surface area contributed by atoms with Crippen LogP contribution in [-0.2, 0) is 14.5 Å². The Bertz CT molecular complexity index is 55.5. The molecule has 0 aliphatic carbocycles. The molecule has 0 fully saturated rings. The molecule has 1 atom stereocenters. The standard InChI is InChI=1S/C2H5ClO2S/c1-2-5-6(3)4/h2H2,1H3/t6-/m1/s1. The molecule has 0 heterocycles. The van der Waals surface area contributed by atoms with Crippen molar-refractivity contribution in [1.82, 2.24) is 0 Å². The van der Waals surface area contributed by atoms with Crippen molar-refractivity contribution in [2.45, 2.75) is 6.92 Å². The third kappa shape index (κ3) is 4.40. The predicted octanol–water partition coefficient (Wildman–Crippen LogP) is 0.840. The van der Waals surface area contributed by atoms with Crippen LogP contribution in [0.1, 0.15) is 6.92 Å². The van der Waals surface area contributed by atoms with E-state index in [0.717, 1.165) is 0 Å². The highest BCUT2D eigenvalue weighted by molar-refractivity contribution is 8.04. The van der Waals surface area contributed by atoms with Crippen LogP contribution in [0.5, 0.6) is 0 Å². The SMILES string of the molecule is CCO[S@@](=O)Cl. The summed E-state index contributed by atoms with van der Waals surface area (Å²) in [6.45, 7) is 2.12. The molecule has 6 heavy (non-hydrogen) atoms. The van der Waals surface area contributed by atoms with Crippen molar-refractivity contribution < 1.29 is 8.39 Å². The first-order valence-electron chi connectivity index (χ1n) is 1.48. The maximum Gasteiger partial charge on any atom is 0.255 e. The molecule has 0 aromatic rings. The van der Waals surface area contributed by atoms with E-state index in [1.165, 1.54) is 0 Å². The summed E-state index contributed by atoms with van der Waals surface area (Å²) < 4.78 is 14.0. The fourth-order valence-corrected chi connectivity index (χ4v) is 0.545. The Balaban J connectivity index is 2.83. The molecular weight excluding hydrogens is 124 g/mol. The number of hydrogen-bond donors (Lipinski definition) is 0. The highest BCUT2D eigenvalue weighted by Crippen LogP contribution is 1.87. The van der Waals surface area contributed by atoms with Gasteiger partial charge in [-0.2, -0.15) is 0 Å². The summed E-state index contributed by atoms with van der Waals surface area (Å²) in [7, 11) is 3.23. The van der Waals surface area contributed by atoms with Crippen LogP contribution in [0, 0.1) is 0 Å². The van der Waals surface area contributed by atoms with Crippen LogP contribution in [0.4, 0.5) is 0 Å². The molecular formula is C2H5ClO2S. The van der Waals surface area contributed by atoms with Crippen molar-refractivity contribution in [3.63, 3.8) is 0 Å². The summed E-state index contributed by atoms with van der Waals surface area (Å²) in [6.07, 6.45) is 0. The minimum Gasteiger partial charge on any atom is -0.278 e. The van der Waals surface area contributed by atoms with Crippen LogP contribution in [0.25, 0.3) is 0 Å². The number of hydrogen-bond acceptors (Lipinski definition) is 2. The first kappa shape index (κ1) is 6.40. The van der Waals surface area contributed by atoms with Gasteiger partial charge in [-0.3, -0.25) is 4.18 Å². The molecule has 0 aromatic carbocycles. The lowest BCUT2D eigenvalue weighted by Crippen LogP contribution is -1.84. The lowest BCUT2D eigenvalue weighted by atomic mass is 10.9. The van der Waals surface area contributed by atoms with Gasteiger partial charge in [0, 0.05) is 10.7 Å². The Labute approximate surface area is 43.6 Å². The summed E-state index contributed by atoms with van der Waals surface area (Å²) in [4.78, 5) is 0. The van der Waals surface area contributed by atoms with Crippen molar-refractivity contribution in [1.29, 1.82) is 0 Å². The molecule has 4 heteroatoms. The molecule has 0 amide bonds. The largest absolute Gasteiger partial charge is 0.278 e. The van der Waals surface area contributed by atoms with Crippen LogP contribution in [0.15, 0.2) is 0 Å². The van der Waals surface area contributed by atoms with Gasteiger partial charge in [-0.15, -0.1) is 0 Å². The van der Waals surface area contributed by atoms with Gasteiger partial charge in [0.2, 0.25) is 0 Å². The normalized spacial score (nSPS) is 14.3. The van der Waals surface area contributed by atoms with E-state index in [-0.39, 0.29) is 0 Å². The maximum absolute atomic E-state index is 9.70. The molecule has 0 saturated heterocycles. The minimum absolute atomic E-state index is 0.399. The van der Waals surface area contributed by atoms with Gasteiger partial charge in [-0.25, -0.2) is 4.21 Å². The van der Waals surface area contributed by atoms with Gasteiger partial charge >= 0.3 is 0 Å². The van der Waals surface area contributed by atoms with Crippen LogP contribution in [0.3, 0.4) is 0 Å². The summed E-state index contributed by atoms with van der Waals surface area (Å²) >= 11 is 0. The van der Waals surface area contributed by atoms with Gasteiger partial charge in [-0.05, 0) is 6.92 Å². The molecule has 0 N–H and O–H groups in total. The lowest BCUT2D eigenvalue weighted by Gasteiger charge is -1.83. The van der Waals surface area contributed by atoms with E-state index in [9.17, 15) is 4.21 Å². The van der Waals surface area contributed by atoms with Crippen LogP contribution < -0.4 is 0 Å². The second-order valence-electron chi connectivity index (χ2n) is 0.601. The molecule has 0 aliphatic rings. The summed E-state index contributed by atoms with van der Waals surface area (Å²) in [5, 5.41) is 0. The fraction of sp³-hybridized carbons (Fsp3) is 1.00. The molecule has 0 radical (unpaired) electrons. The minimum atomic E-state index is -1.59. The van der Waals surface area contributed by atoms with E-state index >= 15 is 0 Å². The zero-order chi connectivity index (χ0) is 4.99. The van der Waals surface area contributed by atoms with Gasteiger partial charge in [0.05, 0.1) is 6.61 Å². The lowest BCUT2D eigenvalue weighted by molar-refractivity contribution is 0.380. The van der Waals surface area contributed by atoms with Gasteiger partial charge in [-0.1, -0.05) is 0 Å². The molecule has 0 saturated carbocycles. The van der Waals surface area contributed by atoms with Crippen LogP contribution >= 0.6 is 10.7 Å². The highest BCUT2D eigenvalue weighted by Gasteiger charge is 1.83. The van der Waals surface area contributed by atoms with E-state index in [1.54, 1.807) is 6.92 Å². The monoisotopic (exact) mass is 128 g/mol. The van der Waals surface area contributed by atoms with Crippen molar-refractivity contribution in [3.05, 3.63) is 0 Å². The molecule has 2 nitrogen and oxygen atoms in total. The van der Waals surface area contributed by atoms with Crippen molar-refractivity contribution in [2.75, 3.05) is 6.61 Å². The Morgan fingerprint density at radius 3 is 2.50 bits per heavy atom. The quantitative estimate of drug-likeness (QED) is 0.516. The second-order valence-corrected chi connectivity index (χ2v) is 1.98. The van der Waals surface area contributed by atoms with Gasteiger partial charge in [0.25, 0.3) is 10.3 Å². The Morgan fingerprint density at radius 1 is 2.00 bits per heavy atom. The number of rotatable bonds is 2. The Kier molecular flexibility index (Phi) is 3.82. The van der Waals surface area contributed by atoms with Gasteiger partial charge < -0.3 is 0 Å². The first-order chi connectivity index (χ1) is 2.77. The van der Waals surface area contributed by atoms with E-state index < -0.39 is 10.3 Å². The van der Waals surface area contributed by atoms with Gasteiger partial charge in [0.15, 0.2) is 0 Å². The topological polar surface area (TPSA) is 26.3 Å². The predicted molar refractivity (Wildman–Crippen MR) is 25.6 cm³/mol. The average Bonchev–Trinajstić information content (AvgIpc) is 1.35. The average molecular weight is 129 g/mol. The molecule has 0 spiro atoms. The fourth-order valence-electron chi connectivity index (χ4n) is 0.0927. The molecule has 0 rings (SSSR count). The van der Waals surface area contributed by atoms with E-state index in [1.807, 2.05) is 0 Å². The summed E-state index contributed by atoms with van der Waals surface area (Å²) in [5.41, 5.74) is 0. The van der Waals surface area contributed by atoms with E-state index in [2.05, 4.69) is 4.18 Å². The Hall–Kier alpha value is 0.400. The van der Waals surface area contributed by atoms with Crippen LogP contribution in [-0.4, -0.2) is 10.8 Å². The Morgan fingerprint density at radius 2 is 2.50 bits per heavy atom. The van der Waals surface area contributed by atoms with Crippen molar-refractivity contribution in [2.24, 2.45) is 0 Å². The smallest absolute Gasteiger partial charge is 0.255 e. The maximum atomic E-state index is 9.70. The first-order valence-corrected chi connectivity index (χ1v) is 3.38. The molecule has 0 aliphatic heterocycles. The molecule has 0 bridgehead atoms. The zero-order valence-electron chi connectivity index (χ0n) is 3.31. The van der Waals surface area contributed by atoms with Crippen molar-refractivity contribution in [3.8, 4) is 0 Å². The third-order valence-electron chi connectivity index (χ3n) is 0.211. The third-order valence-corrected chi connectivity index (χ3v) is 0.899. The zero-order valence-corrected chi connectivity index (χ0v) is 4.88. The number of halogens is 1. The van der Waals surface area contributed by atoms with E-state index in [4.69, 9.17) is 10.7 Å². The van der Waals surface area contributed by atoms with Crippen LogP contribution in [0.2, 0.25) is 0 Å². The molecule has 0 aromatic heterocycles. The highest BCUT2D eigenvalue weighted by atomic mass is 35.7. The van der Waals surface area contributed by atoms with Crippen molar-refractivity contribution >= 4 is 21.0 Å². The summed E-state index contributed by atoms with van der Waals surface area (Å²) in [5.74, 6) is 0. The summed E-state index contributed by atoms with van der Waals surface area (Å²) in [6, 6.07) is 0. The van der Waals surface area contributed by atoms with E-state index in [0.29, 0.717) is 6.61 Å². The second kappa shape index (κ2) is 3.59.